The van der Waals surface area contributed by atoms with Crippen molar-refractivity contribution in [3.8, 4) is 5.75 Å². The van der Waals surface area contributed by atoms with Crippen molar-refractivity contribution >= 4 is 56.4 Å². The number of nitrogens with one attached hydrogen (secondary N) is 1. The van der Waals surface area contributed by atoms with Crippen molar-refractivity contribution < 1.29 is 17.9 Å². The third-order valence-corrected chi connectivity index (χ3v) is 6.08. The fraction of sp³-hybridized carbons (Fsp3) is 0.188. The van der Waals surface area contributed by atoms with Crippen molar-refractivity contribution in [2.75, 3.05) is 25.0 Å². The summed E-state index contributed by atoms with van der Waals surface area (Å²) in [6.45, 7) is -0.480. The summed E-state index contributed by atoms with van der Waals surface area (Å²) in [7, 11) is -1.32. The van der Waals surface area contributed by atoms with E-state index in [2.05, 4.69) is 5.32 Å². The van der Waals surface area contributed by atoms with E-state index in [0.717, 1.165) is 4.31 Å². The summed E-state index contributed by atoms with van der Waals surface area (Å²) in [4.78, 5) is 11.9. The van der Waals surface area contributed by atoms with Crippen LogP contribution < -0.4 is 14.4 Å². The lowest BCUT2D eigenvalue weighted by Gasteiger charge is -2.25. The van der Waals surface area contributed by atoms with E-state index in [-0.39, 0.29) is 26.4 Å². The molecule has 0 aliphatic carbocycles. The molecule has 0 heterocycles. The fourth-order valence-corrected chi connectivity index (χ4v) is 4.28. The van der Waals surface area contributed by atoms with Gasteiger partial charge >= 0.3 is 0 Å². The van der Waals surface area contributed by atoms with E-state index in [1.165, 1.54) is 50.6 Å². The number of benzene rings is 2. The Bertz CT molecular complexity index is 918. The van der Waals surface area contributed by atoms with E-state index in [1.807, 2.05) is 0 Å². The standard InChI is InChI=1S/C16H15Cl3N2O4S/c1-20-16(22)9-21(14-8-15(25-2)13(19)7-12(14)18)26(23,24)11-5-3-10(17)4-6-11/h3-8H,9H2,1-2H3,(H,20,22). The SMILES string of the molecule is CNC(=O)CN(c1cc(OC)c(Cl)cc1Cl)S(=O)(=O)c1ccc(Cl)cc1. The predicted molar refractivity (Wildman–Crippen MR) is 103 cm³/mol. The second kappa shape index (κ2) is 8.35. The smallest absolute Gasteiger partial charge is 0.264 e. The molecule has 0 aliphatic rings. The maximum atomic E-state index is 13.1. The van der Waals surface area contributed by atoms with Gasteiger partial charge < -0.3 is 10.1 Å². The fourth-order valence-electron chi connectivity index (χ4n) is 2.11. The molecule has 0 saturated carbocycles. The second-order valence-electron chi connectivity index (χ2n) is 5.08. The van der Waals surface area contributed by atoms with Crippen molar-refractivity contribution in [3.05, 3.63) is 51.5 Å². The first kappa shape index (κ1) is 20.6. The molecule has 2 rings (SSSR count). The Kier molecular flexibility index (Phi) is 6.63. The minimum Gasteiger partial charge on any atom is -0.495 e. The average molecular weight is 438 g/mol. The number of hydrogen-bond acceptors (Lipinski definition) is 4. The third kappa shape index (κ3) is 4.35. The van der Waals surface area contributed by atoms with E-state index >= 15 is 0 Å². The number of anilines is 1. The van der Waals surface area contributed by atoms with Gasteiger partial charge in [-0.1, -0.05) is 34.8 Å². The zero-order valence-corrected chi connectivity index (χ0v) is 16.9. The Morgan fingerprint density at radius 2 is 1.73 bits per heavy atom. The van der Waals surface area contributed by atoms with Crippen LogP contribution in [0.2, 0.25) is 15.1 Å². The molecule has 0 radical (unpaired) electrons. The molecule has 0 fully saturated rings. The van der Waals surface area contributed by atoms with Crippen LogP contribution >= 0.6 is 34.8 Å². The van der Waals surface area contributed by atoms with Crippen LogP contribution in [-0.4, -0.2) is 35.0 Å². The monoisotopic (exact) mass is 436 g/mol. The molecular weight excluding hydrogens is 423 g/mol. The molecule has 0 saturated heterocycles. The highest BCUT2D eigenvalue weighted by Gasteiger charge is 2.29. The zero-order valence-electron chi connectivity index (χ0n) is 13.8. The first-order valence-electron chi connectivity index (χ1n) is 7.22. The van der Waals surface area contributed by atoms with Gasteiger partial charge in [0.1, 0.15) is 12.3 Å². The summed E-state index contributed by atoms with van der Waals surface area (Å²) < 4.78 is 32.2. The molecule has 2 aromatic rings. The zero-order chi connectivity index (χ0) is 19.5. The van der Waals surface area contributed by atoms with E-state index < -0.39 is 22.5 Å². The molecule has 140 valence electrons. The van der Waals surface area contributed by atoms with E-state index in [0.29, 0.717) is 5.02 Å². The minimum absolute atomic E-state index is 0.0456. The van der Waals surface area contributed by atoms with Gasteiger partial charge in [-0.25, -0.2) is 8.42 Å². The summed E-state index contributed by atoms with van der Waals surface area (Å²) in [6.07, 6.45) is 0. The van der Waals surface area contributed by atoms with Gasteiger partial charge in [-0.05, 0) is 30.3 Å². The minimum atomic E-state index is -4.11. The Morgan fingerprint density at radius 3 is 2.27 bits per heavy atom. The average Bonchev–Trinajstić information content (AvgIpc) is 2.60. The number of methoxy groups -OCH3 is 1. The molecule has 2 aromatic carbocycles. The first-order chi connectivity index (χ1) is 12.2. The summed E-state index contributed by atoms with van der Waals surface area (Å²) >= 11 is 18.0. The van der Waals surface area contributed by atoms with Crippen LogP contribution in [0.15, 0.2) is 41.3 Å². The van der Waals surface area contributed by atoms with Gasteiger partial charge in [0.15, 0.2) is 0 Å². The van der Waals surface area contributed by atoms with Crippen LogP contribution in [0.1, 0.15) is 0 Å². The number of hydrogen-bond donors (Lipinski definition) is 1. The number of amides is 1. The molecule has 26 heavy (non-hydrogen) atoms. The van der Waals surface area contributed by atoms with Crippen LogP contribution in [0.25, 0.3) is 0 Å². The number of ether oxygens (including phenoxy) is 1. The van der Waals surface area contributed by atoms with Crippen LogP contribution in [0.3, 0.4) is 0 Å². The van der Waals surface area contributed by atoms with Crippen molar-refractivity contribution in [1.82, 2.24) is 5.32 Å². The maximum absolute atomic E-state index is 13.1. The molecule has 0 spiro atoms. The van der Waals surface area contributed by atoms with Crippen LogP contribution in [0, 0.1) is 0 Å². The number of halogens is 3. The van der Waals surface area contributed by atoms with Gasteiger partial charge in [0.25, 0.3) is 10.0 Å². The summed E-state index contributed by atoms with van der Waals surface area (Å²) in [5, 5.41) is 3.04. The van der Waals surface area contributed by atoms with Crippen LogP contribution in [0.4, 0.5) is 5.69 Å². The van der Waals surface area contributed by atoms with Crippen LogP contribution in [0.5, 0.6) is 5.75 Å². The molecule has 1 amide bonds. The highest BCUT2D eigenvalue weighted by Crippen LogP contribution is 2.38. The van der Waals surface area contributed by atoms with Gasteiger partial charge in [-0.15, -0.1) is 0 Å². The molecule has 10 heteroatoms. The molecule has 6 nitrogen and oxygen atoms in total. The topological polar surface area (TPSA) is 75.7 Å². The highest BCUT2D eigenvalue weighted by molar-refractivity contribution is 7.92. The first-order valence-corrected chi connectivity index (χ1v) is 9.80. The number of rotatable bonds is 6. The largest absolute Gasteiger partial charge is 0.495 e. The Hall–Kier alpha value is -1.67. The number of carbonyl (C=O) groups is 1. The summed E-state index contributed by atoms with van der Waals surface area (Å²) in [5.74, 6) is -0.299. The van der Waals surface area contributed by atoms with E-state index in [4.69, 9.17) is 39.5 Å². The Labute approximate surface area is 166 Å². The lowest BCUT2D eigenvalue weighted by atomic mass is 10.3. The number of likely N-dealkylation sites (N-methyl/N-ethyl adjacent to an activating group) is 1. The Morgan fingerprint density at radius 1 is 1.12 bits per heavy atom. The number of sulfonamides is 1. The molecule has 0 atom stereocenters. The van der Waals surface area contributed by atoms with E-state index in [9.17, 15) is 13.2 Å². The molecule has 0 unspecified atom stereocenters. The quantitative estimate of drug-likeness (QED) is 0.749. The van der Waals surface area contributed by atoms with Gasteiger partial charge in [-0.3, -0.25) is 9.10 Å². The van der Waals surface area contributed by atoms with Crippen molar-refractivity contribution in [2.45, 2.75) is 4.90 Å². The predicted octanol–water partition coefficient (Wildman–Crippen LogP) is 3.60. The molecule has 0 bridgehead atoms. The maximum Gasteiger partial charge on any atom is 0.264 e. The molecule has 1 N–H and O–H groups in total. The number of nitrogens with zero attached hydrogens (tertiary/aromatic N) is 1. The van der Waals surface area contributed by atoms with Crippen molar-refractivity contribution in [3.63, 3.8) is 0 Å². The van der Waals surface area contributed by atoms with E-state index in [1.54, 1.807) is 0 Å². The van der Waals surface area contributed by atoms with Gasteiger partial charge in [0.2, 0.25) is 5.91 Å². The lowest BCUT2D eigenvalue weighted by Crippen LogP contribution is -2.40. The Balaban J connectivity index is 2.64. The lowest BCUT2D eigenvalue weighted by molar-refractivity contribution is -0.119. The highest BCUT2D eigenvalue weighted by atomic mass is 35.5. The number of carbonyl (C=O) groups excluding carboxylic acids is 1. The normalized spacial score (nSPS) is 11.1. The second-order valence-corrected chi connectivity index (χ2v) is 8.19. The van der Waals surface area contributed by atoms with Gasteiger partial charge in [0.05, 0.1) is 27.7 Å². The van der Waals surface area contributed by atoms with Crippen LogP contribution in [-0.2, 0) is 14.8 Å². The van der Waals surface area contributed by atoms with Gasteiger partial charge in [-0.2, -0.15) is 0 Å². The molecular formula is C16H15Cl3N2O4S. The third-order valence-electron chi connectivity index (χ3n) is 3.46. The van der Waals surface area contributed by atoms with Gasteiger partial charge in [0, 0.05) is 18.1 Å². The summed E-state index contributed by atoms with van der Waals surface area (Å²) in [5.41, 5.74) is 0.0615. The molecule has 0 aliphatic heterocycles. The van der Waals surface area contributed by atoms with Crippen molar-refractivity contribution in [1.29, 1.82) is 0 Å². The summed E-state index contributed by atoms with van der Waals surface area (Å²) in [6, 6.07) is 8.28. The van der Waals surface area contributed by atoms with Crippen molar-refractivity contribution in [2.24, 2.45) is 0 Å². The molecule has 0 aromatic heterocycles.